The number of carbonyl (C=O) groups is 1. The molecule has 7 heteroatoms. The number of alkyl halides is 2. The van der Waals surface area contributed by atoms with Crippen LogP contribution in [0.15, 0.2) is 33.7 Å². The molecule has 0 saturated carbocycles. The SMILES string of the molecule is CCOC(=O)C(F)(F)c1coc2cc(Cl)ccc2c1=O. The quantitative estimate of drug-likeness (QED) is 0.818. The van der Waals surface area contributed by atoms with E-state index in [0.717, 1.165) is 0 Å². The van der Waals surface area contributed by atoms with E-state index in [4.69, 9.17) is 16.0 Å². The number of carbonyl (C=O) groups excluding carboxylic acids is 1. The van der Waals surface area contributed by atoms with Crippen molar-refractivity contribution in [1.29, 1.82) is 0 Å². The topological polar surface area (TPSA) is 56.5 Å². The first kappa shape index (κ1) is 14.5. The third kappa shape index (κ3) is 2.38. The average Bonchev–Trinajstić information content (AvgIpc) is 2.38. The second-order valence-electron chi connectivity index (χ2n) is 3.91. The zero-order chi connectivity index (χ0) is 14.9. The number of hydrogen-bond acceptors (Lipinski definition) is 4. The Balaban J connectivity index is 2.61. The van der Waals surface area contributed by atoms with E-state index >= 15 is 0 Å². The van der Waals surface area contributed by atoms with Gasteiger partial charge in [-0.05, 0) is 19.1 Å². The summed E-state index contributed by atoms with van der Waals surface area (Å²) in [5.74, 6) is -5.86. The highest BCUT2D eigenvalue weighted by Crippen LogP contribution is 2.29. The summed E-state index contributed by atoms with van der Waals surface area (Å²) >= 11 is 5.71. The molecule has 2 aromatic rings. The van der Waals surface area contributed by atoms with Gasteiger partial charge in [-0.2, -0.15) is 8.78 Å². The highest BCUT2D eigenvalue weighted by molar-refractivity contribution is 6.31. The first-order valence-corrected chi connectivity index (χ1v) is 6.02. The molecule has 0 spiro atoms. The van der Waals surface area contributed by atoms with Crippen LogP contribution in [0.5, 0.6) is 0 Å². The third-order valence-electron chi connectivity index (χ3n) is 2.61. The lowest BCUT2D eigenvalue weighted by molar-refractivity contribution is -0.173. The maximum absolute atomic E-state index is 13.8. The van der Waals surface area contributed by atoms with E-state index in [1.54, 1.807) is 0 Å². The number of benzene rings is 1. The van der Waals surface area contributed by atoms with Crippen LogP contribution in [0, 0.1) is 0 Å². The zero-order valence-electron chi connectivity index (χ0n) is 10.3. The van der Waals surface area contributed by atoms with Crippen LogP contribution >= 0.6 is 11.6 Å². The van der Waals surface area contributed by atoms with Crippen molar-refractivity contribution in [2.24, 2.45) is 0 Å². The summed E-state index contributed by atoms with van der Waals surface area (Å²) in [6, 6.07) is 3.95. The van der Waals surface area contributed by atoms with Gasteiger partial charge in [0.2, 0.25) is 5.43 Å². The van der Waals surface area contributed by atoms with Gasteiger partial charge in [0, 0.05) is 11.1 Å². The van der Waals surface area contributed by atoms with E-state index < -0.39 is 22.9 Å². The molecular formula is C13H9ClF2O4. The van der Waals surface area contributed by atoms with Gasteiger partial charge >= 0.3 is 11.9 Å². The Hall–Kier alpha value is -1.95. The molecule has 0 aliphatic heterocycles. The monoisotopic (exact) mass is 302 g/mol. The fraction of sp³-hybridized carbons (Fsp3) is 0.231. The van der Waals surface area contributed by atoms with Crippen LogP contribution in [0.2, 0.25) is 5.02 Å². The summed E-state index contributed by atoms with van der Waals surface area (Å²) in [6.07, 6.45) is 0.553. The van der Waals surface area contributed by atoms with Gasteiger partial charge in [-0.15, -0.1) is 0 Å². The molecule has 1 aromatic heterocycles. The normalized spacial score (nSPS) is 11.6. The Morgan fingerprint density at radius 1 is 1.45 bits per heavy atom. The van der Waals surface area contributed by atoms with Gasteiger partial charge in [0.05, 0.1) is 12.0 Å². The lowest BCUT2D eigenvalue weighted by Gasteiger charge is -2.13. The second kappa shape index (κ2) is 5.20. The van der Waals surface area contributed by atoms with Crippen molar-refractivity contribution < 1.29 is 22.7 Å². The van der Waals surface area contributed by atoms with Gasteiger partial charge in [0.1, 0.15) is 17.4 Å². The van der Waals surface area contributed by atoms with Gasteiger partial charge in [0.15, 0.2) is 0 Å². The fourth-order valence-electron chi connectivity index (χ4n) is 1.65. The molecule has 0 amide bonds. The van der Waals surface area contributed by atoms with E-state index in [-0.39, 0.29) is 17.6 Å². The molecule has 2 rings (SSSR count). The van der Waals surface area contributed by atoms with Crippen molar-refractivity contribution >= 4 is 28.5 Å². The molecular weight excluding hydrogens is 294 g/mol. The van der Waals surface area contributed by atoms with Crippen LogP contribution in [0.25, 0.3) is 11.0 Å². The van der Waals surface area contributed by atoms with Crippen molar-refractivity contribution in [2.75, 3.05) is 6.61 Å². The maximum Gasteiger partial charge on any atom is 0.382 e. The van der Waals surface area contributed by atoms with Crippen molar-refractivity contribution in [3.8, 4) is 0 Å². The molecule has 0 bridgehead atoms. The first-order chi connectivity index (χ1) is 9.37. The van der Waals surface area contributed by atoms with Crippen LogP contribution in [0.4, 0.5) is 8.78 Å². The Kier molecular flexibility index (Phi) is 3.76. The van der Waals surface area contributed by atoms with Crippen molar-refractivity contribution in [3.63, 3.8) is 0 Å². The molecule has 0 saturated heterocycles. The number of halogens is 3. The fourth-order valence-corrected chi connectivity index (χ4v) is 1.81. The predicted molar refractivity (Wildman–Crippen MR) is 68.0 cm³/mol. The Labute approximate surface area is 116 Å². The summed E-state index contributed by atoms with van der Waals surface area (Å²) < 4.78 is 36.9. The van der Waals surface area contributed by atoms with E-state index in [1.165, 1.54) is 25.1 Å². The lowest BCUT2D eigenvalue weighted by Crippen LogP contribution is -2.33. The number of hydrogen-bond donors (Lipinski definition) is 0. The van der Waals surface area contributed by atoms with Crippen molar-refractivity contribution in [3.05, 3.63) is 45.3 Å². The number of fused-ring (bicyclic) bond motifs is 1. The molecule has 20 heavy (non-hydrogen) atoms. The lowest BCUT2D eigenvalue weighted by atomic mass is 10.1. The third-order valence-corrected chi connectivity index (χ3v) is 2.84. The standard InChI is InChI=1S/C13H9ClF2O4/c1-2-19-12(18)13(15,16)9-6-20-10-5-7(14)3-4-8(10)11(9)17/h3-6H,2H2,1H3. The van der Waals surface area contributed by atoms with Gasteiger partial charge < -0.3 is 9.15 Å². The van der Waals surface area contributed by atoms with Crippen LogP contribution in [0.3, 0.4) is 0 Å². The summed E-state index contributed by atoms with van der Waals surface area (Å²) in [5.41, 5.74) is -2.00. The van der Waals surface area contributed by atoms with Crippen molar-refractivity contribution in [1.82, 2.24) is 0 Å². The van der Waals surface area contributed by atoms with E-state index in [2.05, 4.69) is 4.74 Å². The summed E-state index contributed by atoms with van der Waals surface area (Å²) in [5, 5.41) is 0.210. The van der Waals surface area contributed by atoms with Gasteiger partial charge in [-0.25, -0.2) is 4.79 Å². The molecule has 0 aliphatic rings. The van der Waals surface area contributed by atoms with Gasteiger partial charge in [-0.3, -0.25) is 4.79 Å². The van der Waals surface area contributed by atoms with E-state index in [0.29, 0.717) is 11.3 Å². The molecule has 1 aromatic carbocycles. The zero-order valence-corrected chi connectivity index (χ0v) is 11.0. The van der Waals surface area contributed by atoms with Crippen LogP contribution in [-0.2, 0) is 15.5 Å². The first-order valence-electron chi connectivity index (χ1n) is 5.64. The Morgan fingerprint density at radius 2 is 2.15 bits per heavy atom. The van der Waals surface area contributed by atoms with Crippen LogP contribution in [0.1, 0.15) is 12.5 Å². The average molecular weight is 303 g/mol. The molecule has 0 radical (unpaired) electrons. The van der Waals surface area contributed by atoms with E-state index in [9.17, 15) is 18.4 Å². The largest absolute Gasteiger partial charge is 0.463 e. The molecule has 0 fully saturated rings. The van der Waals surface area contributed by atoms with Crippen LogP contribution < -0.4 is 5.43 Å². The molecule has 1 heterocycles. The smallest absolute Gasteiger partial charge is 0.382 e. The number of ether oxygens (including phenoxy) is 1. The number of esters is 1. The van der Waals surface area contributed by atoms with Gasteiger partial charge in [0.25, 0.3) is 0 Å². The van der Waals surface area contributed by atoms with Crippen LogP contribution in [-0.4, -0.2) is 12.6 Å². The van der Waals surface area contributed by atoms with E-state index in [1.807, 2.05) is 0 Å². The minimum atomic E-state index is -4.07. The minimum absolute atomic E-state index is 0.0610. The summed E-state index contributed by atoms with van der Waals surface area (Å²) in [4.78, 5) is 23.2. The molecule has 0 unspecified atom stereocenters. The van der Waals surface area contributed by atoms with Crippen molar-refractivity contribution in [2.45, 2.75) is 12.8 Å². The highest BCUT2D eigenvalue weighted by atomic mass is 35.5. The second-order valence-corrected chi connectivity index (χ2v) is 4.35. The molecule has 4 nitrogen and oxygen atoms in total. The summed E-state index contributed by atoms with van der Waals surface area (Å²) in [7, 11) is 0. The molecule has 0 atom stereocenters. The predicted octanol–water partition coefficient (Wildman–Crippen LogP) is 3.10. The molecule has 106 valence electrons. The molecule has 0 N–H and O–H groups in total. The Bertz CT molecular complexity index is 724. The summed E-state index contributed by atoms with van der Waals surface area (Å²) in [6.45, 7) is 1.17. The Morgan fingerprint density at radius 3 is 2.80 bits per heavy atom. The molecule has 0 aliphatic carbocycles. The van der Waals surface area contributed by atoms with Gasteiger partial charge in [-0.1, -0.05) is 11.6 Å². The number of rotatable bonds is 3. The maximum atomic E-state index is 13.8. The minimum Gasteiger partial charge on any atom is -0.463 e. The highest BCUT2D eigenvalue weighted by Gasteiger charge is 2.45.